The molecule has 31 heavy (non-hydrogen) atoms. The summed E-state index contributed by atoms with van der Waals surface area (Å²) in [6.07, 6.45) is 1.20. The highest BCUT2D eigenvalue weighted by molar-refractivity contribution is 7.89. The standard InChI is InChI=1S/C20H18F2N4O3S2/c21-14-8-9-17(16(22)11-14)31(28,29)26-10-4-5-13(12-26)19-24-25-20(30-19)18(27)23-15-6-2-1-3-7-15/h1-3,6-9,11,13H,4-5,10,12H2,(H,23,27)/t13-/m0/s1. The molecule has 0 unspecified atom stereocenters. The molecule has 11 heteroatoms. The van der Waals surface area contributed by atoms with E-state index in [2.05, 4.69) is 15.5 Å². The van der Waals surface area contributed by atoms with Gasteiger partial charge in [0.25, 0.3) is 5.91 Å². The molecule has 3 aromatic rings. The second-order valence-corrected chi connectivity index (χ2v) is 9.96. The Labute approximate surface area is 181 Å². The molecule has 1 aliphatic rings. The number of rotatable bonds is 5. The number of aromatic nitrogens is 2. The average Bonchev–Trinajstić information content (AvgIpc) is 3.25. The highest BCUT2D eigenvalue weighted by atomic mass is 32.2. The van der Waals surface area contributed by atoms with E-state index in [1.54, 1.807) is 24.3 Å². The van der Waals surface area contributed by atoms with Gasteiger partial charge in [-0.15, -0.1) is 10.2 Å². The van der Waals surface area contributed by atoms with Crippen molar-refractivity contribution >= 4 is 33.0 Å². The van der Waals surface area contributed by atoms with Crippen molar-refractivity contribution < 1.29 is 22.0 Å². The molecule has 1 atom stereocenters. The zero-order chi connectivity index (χ0) is 22.0. The summed E-state index contributed by atoms with van der Waals surface area (Å²) in [7, 11) is -4.13. The number of hydrogen-bond donors (Lipinski definition) is 1. The normalized spacial score (nSPS) is 17.4. The molecule has 0 spiro atoms. The van der Waals surface area contributed by atoms with Gasteiger partial charge in [-0.1, -0.05) is 29.5 Å². The second kappa shape index (κ2) is 8.77. The molecule has 1 amide bonds. The summed E-state index contributed by atoms with van der Waals surface area (Å²) in [6.45, 7) is 0.296. The van der Waals surface area contributed by atoms with Crippen LogP contribution in [0.25, 0.3) is 0 Å². The lowest BCUT2D eigenvalue weighted by atomic mass is 10.0. The molecule has 0 radical (unpaired) electrons. The third-order valence-electron chi connectivity index (χ3n) is 4.91. The first-order chi connectivity index (χ1) is 14.8. The quantitative estimate of drug-likeness (QED) is 0.623. The van der Waals surface area contributed by atoms with Gasteiger partial charge in [0.1, 0.15) is 21.5 Å². The summed E-state index contributed by atoms with van der Waals surface area (Å²) < 4.78 is 54.2. The van der Waals surface area contributed by atoms with Crippen molar-refractivity contribution in [2.45, 2.75) is 23.7 Å². The predicted molar refractivity (Wildman–Crippen MR) is 111 cm³/mol. The topological polar surface area (TPSA) is 92.3 Å². The van der Waals surface area contributed by atoms with Gasteiger partial charge in [0.05, 0.1) is 0 Å². The molecule has 7 nitrogen and oxygen atoms in total. The number of carbonyl (C=O) groups excluding carboxylic acids is 1. The van der Waals surface area contributed by atoms with Crippen LogP contribution in [0.4, 0.5) is 14.5 Å². The van der Waals surface area contributed by atoms with E-state index >= 15 is 0 Å². The Morgan fingerprint density at radius 2 is 1.90 bits per heavy atom. The van der Waals surface area contributed by atoms with E-state index in [9.17, 15) is 22.0 Å². The fourth-order valence-corrected chi connectivity index (χ4v) is 5.82. The number of nitrogens with zero attached hydrogens (tertiary/aromatic N) is 3. The third kappa shape index (κ3) is 4.63. The maximum Gasteiger partial charge on any atom is 0.286 e. The van der Waals surface area contributed by atoms with Gasteiger partial charge in [-0.2, -0.15) is 4.31 Å². The van der Waals surface area contributed by atoms with Crippen LogP contribution >= 0.6 is 11.3 Å². The first kappa shape index (κ1) is 21.5. The highest BCUT2D eigenvalue weighted by Gasteiger charge is 2.34. The Kier molecular flexibility index (Phi) is 6.08. The molecular formula is C20H18F2N4O3S2. The van der Waals surface area contributed by atoms with Crippen molar-refractivity contribution in [3.63, 3.8) is 0 Å². The summed E-state index contributed by atoms with van der Waals surface area (Å²) in [5.41, 5.74) is 0.625. The van der Waals surface area contributed by atoms with Crippen LogP contribution in [0.15, 0.2) is 53.4 Å². The Morgan fingerprint density at radius 1 is 1.13 bits per heavy atom. The molecule has 0 aliphatic carbocycles. The number of halogens is 2. The number of para-hydroxylation sites is 1. The molecule has 1 fully saturated rings. The summed E-state index contributed by atoms with van der Waals surface area (Å²) in [5, 5.41) is 11.5. The minimum absolute atomic E-state index is 0.0775. The maximum absolute atomic E-state index is 14.1. The number of hydrogen-bond acceptors (Lipinski definition) is 6. The van der Waals surface area contributed by atoms with Crippen molar-refractivity contribution in [1.82, 2.24) is 14.5 Å². The number of nitrogens with one attached hydrogen (secondary N) is 1. The largest absolute Gasteiger partial charge is 0.320 e. The van der Waals surface area contributed by atoms with Crippen LogP contribution in [0.3, 0.4) is 0 Å². The first-order valence-electron chi connectivity index (χ1n) is 9.49. The summed E-state index contributed by atoms with van der Waals surface area (Å²) in [5.74, 6) is -2.65. The molecule has 1 aliphatic heterocycles. The minimum Gasteiger partial charge on any atom is -0.320 e. The number of piperidine rings is 1. The number of sulfonamides is 1. The monoisotopic (exact) mass is 464 g/mol. The molecule has 0 saturated carbocycles. The maximum atomic E-state index is 14.1. The fraction of sp³-hybridized carbons (Fsp3) is 0.250. The van der Waals surface area contributed by atoms with Gasteiger partial charge in [-0.05, 0) is 37.1 Å². The molecule has 1 saturated heterocycles. The second-order valence-electron chi connectivity index (χ2n) is 7.04. The van der Waals surface area contributed by atoms with Crippen LogP contribution in [0, 0.1) is 11.6 Å². The number of carbonyl (C=O) groups is 1. The Hall–Kier alpha value is -2.76. The number of amides is 1. The summed E-state index contributed by atoms with van der Waals surface area (Å²) in [6, 6.07) is 11.3. The molecular weight excluding hydrogens is 446 g/mol. The SMILES string of the molecule is O=C(Nc1ccccc1)c1nnc([C@H]2CCCN(S(=O)(=O)c3ccc(F)cc3F)C2)s1. The van der Waals surface area contributed by atoms with Gasteiger partial charge >= 0.3 is 0 Å². The highest BCUT2D eigenvalue weighted by Crippen LogP contribution is 2.32. The van der Waals surface area contributed by atoms with Crippen LogP contribution in [0.2, 0.25) is 0 Å². The third-order valence-corrected chi connectivity index (χ3v) is 7.89. The van der Waals surface area contributed by atoms with Gasteiger partial charge in [0, 0.05) is 30.8 Å². The van der Waals surface area contributed by atoms with E-state index in [-0.39, 0.29) is 24.0 Å². The van der Waals surface area contributed by atoms with Crippen LogP contribution in [0.5, 0.6) is 0 Å². The molecule has 4 rings (SSSR count). The lowest BCUT2D eigenvalue weighted by Crippen LogP contribution is -2.39. The molecule has 1 N–H and O–H groups in total. The molecule has 1 aromatic heterocycles. The predicted octanol–water partition coefficient (Wildman–Crippen LogP) is 3.64. The number of anilines is 1. The van der Waals surface area contributed by atoms with E-state index < -0.39 is 32.5 Å². The lowest BCUT2D eigenvalue weighted by molar-refractivity contribution is 0.102. The Morgan fingerprint density at radius 3 is 2.65 bits per heavy atom. The average molecular weight is 465 g/mol. The zero-order valence-electron chi connectivity index (χ0n) is 16.2. The molecule has 162 valence electrons. The summed E-state index contributed by atoms with van der Waals surface area (Å²) >= 11 is 1.10. The van der Waals surface area contributed by atoms with E-state index in [1.807, 2.05) is 6.07 Å². The van der Waals surface area contributed by atoms with Crippen molar-refractivity contribution in [3.8, 4) is 0 Å². The van der Waals surface area contributed by atoms with Gasteiger partial charge in [0.15, 0.2) is 0 Å². The minimum atomic E-state index is -4.13. The Balaban J connectivity index is 1.49. The number of benzene rings is 2. The fourth-order valence-electron chi connectivity index (χ4n) is 3.38. The van der Waals surface area contributed by atoms with Crippen molar-refractivity contribution in [1.29, 1.82) is 0 Å². The van der Waals surface area contributed by atoms with Gasteiger partial charge in [0.2, 0.25) is 15.0 Å². The molecule has 2 aromatic carbocycles. The van der Waals surface area contributed by atoms with Gasteiger partial charge < -0.3 is 5.32 Å². The van der Waals surface area contributed by atoms with E-state index in [4.69, 9.17) is 0 Å². The van der Waals surface area contributed by atoms with Crippen molar-refractivity contribution in [3.05, 3.63) is 70.2 Å². The Bertz CT molecular complexity index is 1200. The van der Waals surface area contributed by atoms with E-state index in [0.29, 0.717) is 29.6 Å². The molecule has 2 heterocycles. The van der Waals surface area contributed by atoms with Crippen molar-refractivity contribution in [2.24, 2.45) is 0 Å². The zero-order valence-corrected chi connectivity index (χ0v) is 17.8. The molecule has 0 bridgehead atoms. The summed E-state index contributed by atoms with van der Waals surface area (Å²) in [4.78, 5) is 11.8. The smallest absolute Gasteiger partial charge is 0.286 e. The van der Waals surface area contributed by atoms with Crippen LogP contribution in [-0.4, -0.2) is 41.9 Å². The van der Waals surface area contributed by atoms with Crippen molar-refractivity contribution in [2.75, 3.05) is 18.4 Å². The van der Waals surface area contributed by atoms with E-state index in [1.165, 1.54) is 4.31 Å². The van der Waals surface area contributed by atoms with E-state index in [0.717, 1.165) is 23.5 Å². The first-order valence-corrected chi connectivity index (χ1v) is 11.8. The van der Waals surface area contributed by atoms with Crippen LogP contribution in [0.1, 0.15) is 33.6 Å². The van der Waals surface area contributed by atoms with Gasteiger partial charge in [-0.25, -0.2) is 17.2 Å². The van der Waals surface area contributed by atoms with Gasteiger partial charge in [-0.3, -0.25) is 4.79 Å². The lowest BCUT2D eigenvalue weighted by Gasteiger charge is -2.30. The van der Waals surface area contributed by atoms with Crippen LogP contribution in [-0.2, 0) is 10.0 Å². The van der Waals surface area contributed by atoms with Crippen LogP contribution < -0.4 is 5.32 Å².